The number of rotatable bonds is 4. The number of aliphatic hydroxyl groups is 1. The van der Waals surface area contributed by atoms with Crippen molar-refractivity contribution in [2.75, 3.05) is 6.61 Å². The minimum atomic E-state index is -5.05. The number of ether oxygens (including phenoxy) is 1. The van der Waals surface area contributed by atoms with E-state index >= 15 is 0 Å². The fraction of sp³-hybridized carbons (Fsp3) is 0.333. The van der Waals surface area contributed by atoms with Gasteiger partial charge in [-0.1, -0.05) is 6.07 Å². The Balaban J connectivity index is 3.49. The molecule has 3 N–H and O–H groups in total. The third-order valence-electron chi connectivity index (χ3n) is 2.45. The molecule has 0 aliphatic carbocycles. The van der Waals surface area contributed by atoms with Crippen molar-refractivity contribution in [3.8, 4) is 0 Å². The van der Waals surface area contributed by atoms with E-state index in [9.17, 15) is 27.9 Å². The molecule has 0 aromatic heterocycles. The molecular weight excluding hydrogens is 279 g/mol. The highest BCUT2D eigenvalue weighted by molar-refractivity contribution is 6.00. The summed E-state index contributed by atoms with van der Waals surface area (Å²) >= 11 is 0. The number of carbonyl (C=O) groups excluding carboxylic acids is 2. The fourth-order valence-corrected chi connectivity index (χ4v) is 1.63. The molecule has 1 aromatic carbocycles. The van der Waals surface area contributed by atoms with Gasteiger partial charge in [0.05, 0.1) is 12.2 Å². The second-order valence-electron chi connectivity index (χ2n) is 3.80. The van der Waals surface area contributed by atoms with Crippen LogP contribution in [0.5, 0.6) is 0 Å². The summed E-state index contributed by atoms with van der Waals surface area (Å²) in [6, 6.07) is 3.20. The molecule has 1 rings (SSSR count). The zero-order valence-electron chi connectivity index (χ0n) is 10.4. The lowest BCUT2D eigenvalue weighted by Gasteiger charge is -2.19. The van der Waals surface area contributed by atoms with E-state index in [0.29, 0.717) is 0 Å². The molecule has 0 saturated carbocycles. The molecule has 8 heteroatoms. The highest BCUT2D eigenvalue weighted by Crippen LogP contribution is 2.36. The summed E-state index contributed by atoms with van der Waals surface area (Å²) in [6.45, 7) is 1.40. The minimum Gasteiger partial charge on any atom is -0.462 e. The van der Waals surface area contributed by atoms with Crippen LogP contribution in [0.25, 0.3) is 0 Å². The maximum absolute atomic E-state index is 12.7. The summed E-state index contributed by atoms with van der Waals surface area (Å²) in [7, 11) is 0. The molecular formula is C12H12F3NO4. The molecule has 1 unspecified atom stereocenters. The Hall–Kier alpha value is -2.09. The summed E-state index contributed by atoms with van der Waals surface area (Å²) in [4.78, 5) is 22.8. The first kappa shape index (κ1) is 16.0. The van der Waals surface area contributed by atoms with Gasteiger partial charge in [-0.15, -0.1) is 0 Å². The van der Waals surface area contributed by atoms with E-state index in [1.807, 2.05) is 0 Å². The number of aliphatic hydroxyl groups excluding tert-OH is 1. The molecule has 0 heterocycles. The fourth-order valence-electron chi connectivity index (χ4n) is 1.63. The van der Waals surface area contributed by atoms with Gasteiger partial charge in [0.2, 0.25) is 5.91 Å². The van der Waals surface area contributed by atoms with Gasteiger partial charge in [-0.05, 0) is 19.1 Å². The van der Waals surface area contributed by atoms with Crippen LogP contribution in [0.4, 0.5) is 13.2 Å². The predicted octanol–water partition coefficient (Wildman–Crippen LogP) is 1.56. The first-order chi connectivity index (χ1) is 9.20. The van der Waals surface area contributed by atoms with Gasteiger partial charge in [0.1, 0.15) is 0 Å². The lowest BCUT2D eigenvalue weighted by molar-refractivity contribution is -0.207. The SMILES string of the molecule is CCOC(=O)c1cccc(C(N)=O)c1C(O)C(F)(F)F. The quantitative estimate of drug-likeness (QED) is 0.824. The van der Waals surface area contributed by atoms with Gasteiger partial charge in [-0.2, -0.15) is 13.2 Å². The number of alkyl halides is 3. The topological polar surface area (TPSA) is 89.6 Å². The van der Waals surface area contributed by atoms with Gasteiger partial charge >= 0.3 is 12.1 Å². The van der Waals surface area contributed by atoms with Gasteiger partial charge in [0.15, 0.2) is 6.10 Å². The molecule has 0 aliphatic heterocycles. The summed E-state index contributed by atoms with van der Waals surface area (Å²) in [5, 5.41) is 9.34. The molecule has 0 bridgehead atoms. The molecule has 1 aromatic rings. The van der Waals surface area contributed by atoms with Gasteiger partial charge in [-0.25, -0.2) is 4.79 Å². The Morgan fingerprint density at radius 1 is 1.35 bits per heavy atom. The maximum atomic E-state index is 12.7. The van der Waals surface area contributed by atoms with E-state index in [2.05, 4.69) is 4.74 Å². The van der Waals surface area contributed by atoms with Crippen molar-refractivity contribution in [2.24, 2.45) is 5.73 Å². The maximum Gasteiger partial charge on any atom is 0.418 e. The average Bonchev–Trinajstić information content (AvgIpc) is 2.36. The van der Waals surface area contributed by atoms with E-state index in [1.54, 1.807) is 0 Å². The Labute approximate surface area is 112 Å². The van der Waals surface area contributed by atoms with Crippen molar-refractivity contribution in [1.29, 1.82) is 0 Å². The lowest BCUT2D eigenvalue weighted by atomic mass is 9.95. The van der Waals surface area contributed by atoms with Crippen LogP contribution < -0.4 is 5.73 Å². The van der Waals surface area contributed by atoms with E-state index in [0.717, 1.165) is 12.1 Å². The van der Waals surface area contributed by atoms with E-state index in [1.165, 1.54) is 13.0 Å². The minimum absolute atomic E-state index is 0.0683. The zero-order valence-corrected chi connectivity index (χ0v) is 10.4. The third kappa shape index (κ3) is 3.27. The van der Waals surface area contributed by atoms with Crippen LogP contribution in [0.1, 0.15) is 39.3 Å². The number of benzene rings is 1. The Morgan fingerprint density at radius 3 is 2.35 bits per heavy atom. The molecule has 1 atom stereocenters. The van der Waals surface area contributed by atoms with Gasteiger partial charge in [-0.3, -0.25) is 4.79 Å². The molecule has 0 saturated heterocycles. The van der Waals surface area contributed by atoms with Crippen molar-refractivity contribution in [1.82, 2.24) is 0 Å². The molecule has 0 spiro atoms. The number of carbonyl (C=O) groups is 2. The largest absolute Gasteiger partial charge is 0.462 e. The van der Waals surface area contributed by atoms with Gasteiger partial charge < -0.3 is 15.6 Å². The van der Waals surface area contributed by atoms with Crippen LogP contribution in [-0.2, 0) is 4.74 Å². The normalized spacial score (nSPS) is 12.8. The summed E-state index contributed by atoms with van der Waals surface area (Å²) in [6.07, 6.45) is -8.06. The van der Waals surface area contributed by atoms with Crippen molar-refractivity contribution in [2.45, 2.75) is 19.2 Å². The number of amides is 1. The van der Waals surface area contributed by atoms with Gasteiger partial charge in [0.25, 0.3) is 0 Å². The first-order valence-corrected chi connectivity index (χ1v) is 5.54. The van der Waals surface area contributed by atoms with E-state index in [4.69, 9.17) is 5.73 Å². The number of primary amides is 1. The Bertz CT molecular complexity index is 528. The average molecular weight is 291 g/mol. The highest BCUT2D eigenvalue weighted by atomic mass is 19.4. The standard InChI is InChI=1S/C12H12F3NO4/c1-2-20-11(19)7-5-3-4-6(10(16)18)8(7)9(17)12(13,14)15/h3-5,9,17H,2H2,1H3,(H2,16,18). The van der Waals surface area contributed by atoms with Crippen molar-refractivity contribution < 1.29 is 32.6 Å². The number of hydrogen-bond donors (Lipinski definition) is 2. The summed E-state index contributed by atoms with van der Waals surface area (Å²) < 4.78 is 42.6. The molecule has 0 aliphatic rings. The van der Waals surface area contributed by atoms with Crippen LogP contribution in [0.15, 0.2) is 18.2 Å². The van der Waals surface area contributed by atoms with Crippen LogP contribution >= 0.6 is 0 Å². The molecule has 0 radical (unpaired) electrons. The van der Waals surface area contributed by atoms with Crippen LogP contribution in [-0.4, -0.2) is 29.8 Å². The van der Waals surface area contributed by atoms with Gasteiger partial charge in [0, 0.05) is 11.1 Å². The molecule has 0 fully saturated rings. The molecule has 110 valence electrons. The lowest BCUT2D eigenvalue weighted by Crippen LogP contribution is -2.27. The first-order valence-electron chi connectivity index (χ1n) is 5.54. The van der Waals surface area contributed by atoms with Crippen LogP contribution in [0, 0.1) is 0 Å². The Morgan fingerprint density at radius 2 is 1.90 bits per heavy atom. The Kier molecular flexibility index (Phi) is 4.72. The van der Waals surface area contributed by atoms with Crippen LogP contribution in [0.3, 0.4) is 0 Å². The molecule has 5 nitrogen and oxygen atoms in total. The number of halogens is 3. The second kappa shape index (κ2) is 5.91. The monoisotopic (exact) mass is 291 g/mol. The third-order valence-corrected chi connectivity index (χ3v) is 2.45. The molecule has 1 amide bonds. The van der Waals surface area contributed by atoms with Crippen molar-refractivity contribution in [3.63, 3.8) is 0 Å². The number of nitrogens with two attached hydrogens (primary N) is 1. The second-order valence-corrected chi connectivity index (χ2v) is 3.80. The van der Waals surface area contributed by atoms with E-state index in [-0.39, 0.29) is 6.61 Å². The smallest absolute Gasteiger partial charge is 0.418 e. The van der Waals surface area contributed by atoms with Crippen molar-refractivity contribution >= 4 is 11.9 Å². The van der Waals surface area contributed by atoms with Crippen molar-refractivity contribution in [3.05, 3.63) is 34.9 Å². The summed E-state index contributed by atoms with van der Waals surface area (Å²) in [5.41, 5.74) is 2.94. The zero-order chi connectivity index (χ0) is 15.5. The predicted molar refractivity (Wildman–Crippen MR) is 61.9 cm³/mol. The highest BCUT2D eigenvalue weighted by Gasteiger charge is 2.43. The summed E-state index contributed by atoms with van der Waals surface area (Å²) in [5.74, 6) is -2.26. The number of hydrogen-bond acceptors (Lipinski definition) is 4. The van der Waals surface area contributed by atoms with Crippen LogP contribution in [0.2, 0.25) is 0 Å². The molecule has 20 heavy (non-hydrogen) atoms. The number of esters is 1. The van der Waals surface area contributed by atoms with E-state index < -0.39 is 40.8 Å².